The monoisotopic (exact) mass is 334 g/mol. The Bertz CT molecular complexity index is 534. The summed E-state index contributed by atoms with van der Waals surface area (Å²) < 4.78 is 10.9. The van der Waals surface area contributed by atoms with Crippen molar-refractivity contribution in [3.05, 3.63) is 29.8 Å². The van der Waals surface area contributed by atoms with Gasteiger partial charge in [0.25, 0.3) is 0 Å². The summed E-state index contributed by atoms with van der Waals surface area (Å²) in [6, 6.07) is 8.19. The lowest BCUT2D eigenvalue weighted by Crippen LogP contribution is -2.32. The number of esters is 1. The molecule has 1 heterocycles. The number of carbonyl (C=O) groups excluding carboxylic acids is 1. The lowest BCUT2D eigenvalue weighted by molar-refractivity contribution is -0.157. The molecule has 5 heteroatoms. The molecule has 0 aliphatic carbocycles. The molecule has 0 bridgehead atoms. The van der Waals surface area contributed by atoms with Crippen molar-refractivity contribution < 1.29 is 14.3 Å². The first kappa shape index (κ1) is 18.7. The van der Waals surface area contributed by atoms with Crippen LogP contribution in [0.15, 0.2) is 24.3 Å². The van der Waals surface area contributed by atoms with Crippen molar-refractivity contribution in [1.29, 1.82) is 0 Å². The van der Waals surface area contributed by atoms with Gasteiger partial charge in [0, 0.05) is 12.6 Å². The summed E-state index contributed by atoms with van der Waals surface area (Å²) in [6.45, 7) is 8.81. The summed E-state index contributed by atoms with van der Waals surface area (Å²) in [6.07, 6.45) is 2.57. The molecule has 24 heavy (non-hydrogen) atoms. The van der Waals surface area contributed by atoms with Crippen LogP contribution >= 0.6 is 0 Å². The first-order valence-electron chi connectivity index (χ1n) is 8.71. The maximum atomic E-state index is 11.8. The van der Waals surface area contributed by atoms with Gasteiger partial charge < -0.3 is 19.7 Å². The minimum absolute atomic E-state index is 0.0724. The summed E-state index contributed by atoms with van der Waals surface area (Å²) in [4.78, 5) is 14.3. The van der Waals surface area contributed by atoms with Crippen molar-refractivity contribution in [2.45, 2.75) is 45.3 Å². The molecule has 1 fully saturated rings. The smallest absolute Gasteiger partial charge is 0.344 e. The summed E-state index contributed by atoms with van der Waals surface area (Å²) in [7, 11) is 1.98. The van der Waals surface area contributed by atoms with E-state index in [1.807, 2.05) is 46.0 Å². The lowest BCUT2D eigenvalue weighted by Gasteiger charge is -2.24. The predicted molar refractivity (Wildman–Crippen MR) is 95.3 cm³/mol. The number of likely N-dealkylation sites (tertiary alicyclic amines) is 1. The standard InChI is InChI=1S/C19H30N2O3/c1-19(2,3)24-18(22)14-23-16-9-7-8-15(12-16)17(20-4)13-21-10-5-6-11-21/h7-9,12,17,20H,5-6,10-11,13-14H2,1-4H3/t17-/m1/s1. The lowest BCUT2D eigenvalue weighted by atomic mass is 10.1. The van der Waals surface area contributed by atoms with E-state index in [2.05, 4.69) is 16.3 Å². The number of rotatable bonds is 7. The zero-order chi connectivity index (χ0) is 17.6. The average Bonchev–Trinajstić information content (AvgIpc) is 3.02. The van der Waals surface area contributed by atoms with Gasteiger partial charge in [0.1, 0.15) is 11.4 Å². The third-order valence-corrected chi connectivity index (χ3v) is 4.03. The summed E-state index contributed by atoms with van der Waals surface area (Å²) in [5.74, 6) is 0.343. The van der Waals surface area contributed by atoms with Gasteiger partial charge in [-0.15, -0.1) is 0 Å². The van der Waals surface area contributed by atoms with Gasteiger partial charge in [-0.25, -0.2) is 4.79 Å². The van der Waals surface area contributed by atoms with Gasteiger partial charge in [0.2, 0.25) is 0 Å². The van der Waals surface area contributed by atoms with Crippen molar-refractivity contribution in [3.63, 3.8) is 0 Å². The van der Waals surface area contributed by atoms with E-state index in [0.717, 1.165) is 6.54 Å². The molecule has 1 atom stereocenters. The average molecular weight is 334 g/mol. The van der Waals surface area contributed by atoms with Crippen LogP contribution in [0.2, 0.25) is 0 Å². The molecule has 1 aliphatic rings. The minimum atomic E-state index is -0.491. The second-order valence-electron chi connectivity index (χ2n) is 7.30. The molecular weight excluding hydrogens is 304 g/mol. The van der Waals surface area contributed by atoms with Crippen LogP contribution < -0.4 is 10.1 Å². The number of hydrogen-bond acceptors (Lipinski definition) is 5. The fourth-order valence-corrected chi connectivity index (χ4v) is 2.92. The molecule has 1 N–H and O–H groups in total. The fraction of sp³-hybridized carbons (Fsp3) is 0.632. The number of hydrogen-bond donors (Lipinski definition) is 1. The Morgan fingerprint density at radius 1 is 1.29 bits per heavy atom. The Balaban J connectivity index is 1.93. The van der Waals surface area contributed by atoms with Crippen molar-refractivity contribution in [2.24, 2.45) is 0 Å². The number of nitrogens with one attached hydrogen (secondary N) is 1. The summed E-state index contributed by atoms with van der Waals surface area (Å²) >= 11 is 0. The van der Waals surface area contributed by atoms with Crippen molar-refractivity contribution >= 4 is 5.97 Å². The summed E-state index contributed by atoms with van der Waals surface area (Å²) in [5, 5.41) is 3.38. The van der Waals surface area contributed by atoms with Crippen LogP contribution in [0.4, 0.5) is 0 Å². The number of ether oxygens (including phenoxy) is 2. The second-order valence-corrected chi connectivity index (χ2v) is 7.30. The van der Waals surface area contributed by atoms with Gasteiger partial charge in [-0.05, 0) is 71.4 Å². The van der Waals surface area contributed by atoms with Gasteiger partial charge in [-0.2, -0.15) is 0 Å². The van der Waals surface area contributed by atoms with E-state index in [9.17, 15) is 4.79 Å². The molecule has 1 aromatic rings. The third-order valence-electron chi connectivity index (χ3n) is 4.03. The highest BCUT2D eigenvalue weighted by molar-refractivity contribution is 5.71. The fourth-order valence-electron chi connectivity index (χ4n) is 2.92. The number of benzene rings is 1. The summed E-state index contributed by atoms with van der Waals surface area (Å²) in [5.41, 5.74) is 0.681. The van der Waals surface area contributed by atoms with Crippen molar-refractivity contribution in [2.75, 3.05) is 33.3 Å². The Morgan fingerprint density at radius 2 is 2.00 bits per heavy atom. The third kappa shape index (κ3) is 6.13. The minimum Gasteiger partial charge on any atom is -0.482 e. The molecule has 2 rings (SSSR count). The topological polar surface area (TPSA) is 50.8 Å². The van der Waals surface area contributed by atoms with Gasteiger partial charge in [0.15, 0.2) is 6.61 Å². The molecule has 5 nitrogen and oxygen atoms in total. The first-order valence-corrected chi connectivity index (χ1v) is 8.71. The van der Waals surface area contributed by atoms with E-state index in [1.54, 1.807) is 0 Å². The maximum Gasteiger partial charge on any atom is 0.344 e. The highest BCUT2D eigenvalue weighted by atomic mass is 16.6. The first-order chi connectivity index (χ1) is 11.4. The Morgan fingerprint density at radius 3 is 2.62 bits per heavy atom. The molecular formula is C19H30N2O3. The molecule has 1 saturated heterocycles. The van der Waals surface area contributed by atoms with E-state index in [1.165, 1.54) is 31.5 Å². The molecule has 0 unspecified atom stereocenters. The van der Waals surface area contributed by atoms with Gasteiger partial charge >= 0.3 is 5.97 Å². The maximum absolute atomic E-state index is 11.8. The molecule has 134 valence electrons. The molecule has 0 spiro atoms. The van der Waals surface area contributed by atoms with Crippen LogP contribution in [-0.2, 0) is 9.53 Å². The quantitative estimate of drug-likeness (QED) is 0.777. The zero-order valence-corrected chi connectivity index (χ0v) is 15.3. The van der Waals surface area contributed by atoms with E-state index in [-0.39, 0.29) is 18.6 Å². The SMILES string of the molecule is CN[C@H](CN1CCCC1)c1cccc(OCC(=O)OC(C)(C)C)c1. The van der Waals surface area contributed by atoms with E-state index in [4.69, 9.17) is 9.47 Å². The van der Waals surface area contributed by atoms with Gasteiger partial charge in [-0.1, -0.05) is 12.1 Å². The zero-order valence-electron chi connectivity index (χ0n) is 15.3. The van der Waals surface area contributed by atoms with Crippen molar-refractivity contribution in [1.82, 2.24) is 10.2 Å². The molecule has 1 aliphatic heterocycles. The largest absolute Gasteiger partial charge is 0.482 e. The van der Waals surface area contributed by atoms with Crippen LogP contribution in [0.1, 0.15) is 45.2 Å². The highest BCUT2D eigenvalue weighted by Crippen LogP contribution is 2.22. The van der Waals surface area contributed by atoms with Gasteiger partial charge in [-0.3, -0.25) is 0 Å². The van der Waals surface area contributed by atoms with E-state index in [0.29, 0.717) is 5.75 Å². The van der Waals surface area contributed by atoms with Crippen LogP contribution in [0.5, 0.6) is 5.75 Å². The molecule has 0 aromatic heterocycles. The molecule has 0 amide bonds. The second kappa shape index (κ2) is 8.49. The molecule has 0 radical (unpaired) electrons. The number of likely N-dealkylation sites (N-methyl/N-ethyl adjacent to an activating group) is 1. The Labute approximate surface area is 145 Å². The van der Waals surface area contributed by atoms with Crippen LogP contribution in [0.25, 0.3) is 0 Å². The number of carbonyl (C=O) groups is 1. The number of nitrogens with zero attached hydrogens (tertiary/aromatic N) is 1. The Hall–Kier alpha value is -1.59. The predicted octanol–water partition coefficient (Wildman–Crippen LogP) is 2.76. The van der Waals surface area contributed by atoms with Gasteiger partial charge in [0.05, 0.1) is 0 Å². The molecule has 1 aromatic carbocycles. The molecule has 0 saturated carbocycles. The highest BCUT2D eigenvalue weighted by Gasteiger charge is 2.19. The van der Waals surface area contributed by atoms with E-state index < -0.39 is 5.60 Å². The Kier molecular flexibility index (Phi) is 6.63. The normalized spacial score (nSPS) is 16.8. The van der Waals surface area contributed by atoms with Crippen LogP contribution in [0.3, 0.4) is 0 Å². The van der Waals surface area contributed by atoms with E-state index >= 15 is 0 Å². The van der Waals surface area contributed by atoms with Crippen LogP contribution in [0, 0.1) is 0 Å². The van der Waals surface area contributed by atoms with Crippen molar-refractivity contribution in [3.8, 4) is 5.75 Å². The van der Waals surface area contributed by atoms with Crippen LogP contribution in [-0.4, -0.2) is 49.8 Å².